The summed E-state index contributed by atoms with van der Waals surface area (Å²) >= 11 is 0. The second kappa shape index (κ2) is 6.20. The number of benzene rings is 1. The third kappa shape index (κ3) is 3.71. The Kier molecular flexibility index (Phi) is 4.90. The van der Waals surface area contributed by atoms with Gasteiger partial charge in [0.25, 0.3) is 5.91 Å². The number of nitrogens with one attached hydrogen (secondary N) is 1. The van der Waals surface area contributed by atoms with Crippen LogP contribution in [0.3, 0.4) is 0 Å². The lowest BCUT2D eigenvalue weighted by atomic mass is 10.1. The molecule has 4 nitrogen and oxygen atoms in total. The highest BCUT2D eigenvalue weighted by atomic mass is 19.1. The van der Waals surface area contributed by atoms with E-state index in [0.717, 1.165) is 6.07 Å². The van der Waals surface area contributed by atoms with Crippen LogP contribution in [0, 0.1) is 5.82 Å². The Balaban J connectivity index is 2.72. The van der Waals surface area contributed by atoms with Crippen LogP contribution < -0.4 is 11.1 Å². The van der Waals surface area contributed by atoms with Crippen LogP contribution in [0.15, 0.2) is 18.2 Å². The predicted molar refractivity (Wildman–Crippen MR) is 64.1 cm³/mol. The fraction of sp³-hybridized carbons (Fsp3) is 0.417. The van der Waals surface area contributed by atoms with Gasteiger partial charge < -0.3 is 16.2 Å². The quantitative estimate of drug-likeness (QED) is 0.679. The van der Waals surface area contributed by atoms with Gasteiger partial charge in [-0.15, -0.1) is 0 Å². The van der Waals surface area contributed by atoms with E-state index in [1.807, 2.05) is 6.92 Å². The van der Waals surface area contributed by atoms with Crippen molar-refractivity contribution in [1.82, 2.24) is 5.32 Å². The van der Waals surface area contributed by atoms with E-state index in [-0.39, 0.29) is 29.8 Å². The van der Waals surface area contributed by atoms with Crippen molar-refractivity contribution < 1.29 is 14.3 Å². The number of hydrogen-bond donors (Lipinski definition) is 3. The maximum atomic E-state index is 13.2. The molecule has 0 aromatic heterocycles. The number of aliphatic hydroxyl groups excluding tert-OH is 1. The lowest BCUT2D eigenvalue weighted by molar-refractivity contribution is 0.0928. The number of rotatable bonds is 5. The van der Waals surface area contributed by atoms with E-state index in [1.54, 1.807) is 0 Å². The Labute approximate surface area is 99.6 Å². The molecule has 1 amide bonds. The molecule has 1 unspecified atom stereocenters. The van der Waals surface area contributed by atoms with Gasteiger partial charge in [-0.2, -0.15) is 0 Å². The molecule has 0 heterocycles. The zero-order valence-corrected chi connectivity index (χ0v) is 9.74. The summed E-state index contributed by atoms with van der Waals surface area (Å²) < 4.78 is 13.2. The first-order chi connectivity index (χ1) is 8.08. The monoisotopic (exact) mass is 240 g/mol. The van der Waals surface area contributed by atoms with Crippen molar-refractivity contribution in [1.29, 1.82) is 0 Å². The fourth-order valence-corrected chi connectivity index (χ4v) is 1.47. The van der Waals surface area contributed by atoms with E-state index in [4.69, 9.17) is 10.8 Å². The second-order valence-electron chi connectivity index (χ2n) is 3.83. The lowest BCUT2D eigenvalue weighted by Crippen LogP contribution is -2.35. The highest BCUT2D eigenvalue weighted by molar-refractivity contribution is 5.94. The molecular weight excluding hydrogens is 223 g/mol. The van der Waals surface area contributed by atoms with E-state index in [9.17, 15) is 9.18 Å². The minimum atomic E-state index is -0.604. The van der Waals surface area contributed by atoms with Crippen molar-refractivity contribution in [2.45, 2.75) is 25.8 Å². The van der Waals surface area contributed by atoms with Crippen LogP contribution in [0.1, 0.15) is 30.1 Å². The molecule has 0 bridgehead atoms. The van der Waals surface area contributed by atoms with Crippen molar-refractivity contribution in [3.63, 3.8) is 0 Å². The standard InChI is InChI=1S/C12H17FN2O2/c1-2-9(5-6-16)15-12(17)8-3-4-11(14)10(13)7-8/h3-4,7,9,16H,2,5-6,14H2,1H3,(H,15,17). The number of nitrogens with two attached hydrogens (primary N) is 1. The van der Waals surface area contributed by atoms with Crippen molar-refractivity contribution in [3.05, 3.63) is 29.6 Å². The highest BCUT2D eigenvalue weighted by Crippen LogP contribution is 2.12. The molecule has 0 aliphatic rings. The number of hydrogen-bond acceptors (Lipinski definition) is 3. The van der Waals surface area contributed by atoms with Gasteiger partial charge in [0.1, 0.15) is 5.82 Å². The largest absolute Gasteiger partial charge is 0.396 e. The predicted octanol–water partition coefficient (Wildman–Crippen LogP) is 1.30. The van der Waals surface area contributed by atoms with E-state index >= 15 is 0 Å². The van der Waals surface area contributed by atoms with Crippen LogP contribution in [-0.4, -0.2) is 23.7 Å². The number of carbonyl (C=O) groups is 1. The van der Waals surface area contributed by atoms with Gasteiger partial charge in [0.05, 0.1) is 5.69 Å². The van der Waals surface area contributed by atoms with Gasteiger partial charge in [-0.05, 0) is 31.0 Å². The minimum absolute atomic E-state index is 0.00882. The third-order valence-corrected chi connectivity index (χ3v) is 2.57. The molecule has 0 saturated carbocycles. The van der Waals surface area contributed by atoms with Gasteiger partial charge in [0.2, 0.25) is 0 Å². The molecule has 0 aliphatic heterocycles. The molecule has 94 valence electrons. The first-order valence-electron chi connectivity index (χ1n) is 5.55. The molecule has 5 heteroatoms. The molecule has 1 atom stereocenters. The van der Waals surface area contributed by atoms with E-state index in [2.05, 4.69) is 5.32 Å². The Morgan fingerprint density at radius 3 is 2.82 bits per heavy atom. The Bertz CT molecular complexity index is 396. The summed E-state index contributed by atoms with van der Waals surface area (Å²) in [7, 11) is 0. The SMILES string of the molecule is CCC(CCO)NC(=O)c1ccc(N)c(F)c1. The van der Waals surface area contributed by atoms with Gasteiger partial charge in [0.15, 0.2) is 0 Å². The number of amides is 1. The number of halogens is 1. The Hall–Kier alpha value is -1.62. The van der Waals surface area contributed by atoms with Crippen LogP contribution in [0.4, 0.5) is 10.1 Å². The maximum Gasteiger partial charge on any atom is 0.251 e. The summed E-state index contributed by atoms with van der Waals surface area (Å²) in [5.74, 6) is -0.961. The smallest absolute Gasteiger partial charge is 0.251 e. The van der Waals surface area contributed by atoms with E-state index < -0.39 is 5.82 Å². The topological polar surface area (TPSA) is 75.3 Å². The molecule has 1 rings (SSSR count). The average Bonchev–Trinajstić information content (AvgIpc) is 2.31. The normalized spacial score (nSPS) is 12.2. The lowest BCUT2D eigenvalue weighted by Gasteiger charge is -2.15. The summed E-state index contributed by atoms with van der Waals surface area (Å²) in [4.78, 5) is 11.8. The summed E-state index contributed by atoms with van der Waals surface area (Å²) in [6, 6.07) is 3.83. The summed E-state index contributed by atoms with van der Waals surface area (Å²) in [5.41, 5.74) is 5.57. The second-order valence-corrected chi connectivity index (χ2v) is 3.83. The van der Waals surface area contributed by atoms with Crippen LogP contribution in [0.2, 0.25) is 0 Å². The zero-order chi connectivity index (χ0) is 12.8. The average molecular weight is 240 g/mol. The van der Waals surface area contributed by atoms with Gasteiger partial charge in [0, 0.05) is 18.2 Å². The summed E-state index contributed by atoms with van der Waals surface area (Å²) in [5, 5.41) is 11.5. The van der Waals surface area contributed by atoms with Crippen LogP contribution in [-0.2, 0) is 0 Å². The first kappa shape index (κ1) is 13.4. The number of nitrogen functional groups attached to an aromatic ring is 1. The zero-order valence-electron chi connectivity index (χ0n) is 9.74. The molecule has 0 spiro atoms. The van der Waals surface area contributed by atoms with E-state index in [1.165, 1.54) is 12.1 Å². The van der Waals surface area contributed by atoms with Crippen LogP contribution >= 0.6 is 0 Å². The molecule has 1 aromatic carbocycles. The number of carbonyl (C=O) groups excluding carboxylic acids is 1. The van der Waals surface area contributed by atoms with Crippen molar-refractivity contribution in [2.24, 2.45) is 0 Å². The van der Waals surface area contributed by atoms with Crippen LogP contribution in [0.25, 0.3) is 0 Å². The molecule has 4 N–H and O–H groups in total. The maximum absolute atomic E-state index is 13.2. The van der Waals surface area contributed by atoms with Gasteiger partial charge in [-0.3, -0.25) is 4.79 Å². The van der Waals surface area contributed by atoms with Crippen molar-refractivity contribution in [3.8, 4) is 0 Å². The van der Waals surface area contributed by atoms with Gasteiger partial charge >= 0.3 is 0 Å². The first-order valence-corrected chi connectivity index (χ1v) is 5.55. The number of anilines is 1. The van der Waals surface area contributed by atoms with Crippen molar-refractivity contribution >= 4 is 11.6 Å². The molecule has 0 saturated heterocycles. The molecule has 0 fully saturated rings. The summed E-state index contributed by atoms with van der Waals surface area (Å²) in [6.45, 7) is 1.92. The molecule has 1 aromatic rings. The molecule has 0 radical (unpaired) electrons. The Morgan fingerprint density at radius 2 is 2.29 bits per heavy atom. The molecular formula is C12H17FN2O2. The molecule has 17 heavy (non-hydrogen) atoms. The highest BCUT2D eigenvalue weighted by Gasteiger charge is 2.12. The minimum Gasteiger partial charge on any atom is -0.396 e. The molecule has 0 aliphatic carbocycles. The third-order valence-electron chi connectivity index (χ3n) is 2.57. The van der Waals surface area contributed by atoms with Gasteiger partial charge in [-0.1, -0.05) is 6.92 Å². The number of aliphatic hydroxyl groups is 1. The summed E-state index contributed by atoms with van der Waals surface area (Å²) in [6.07, 6.45) is 1.20. The Morgan fingerprint density at radius 1 is 1.59 bits per heavy atom. The van der Waals surface area contributed by atoms with Crippen molar-refractivity contribution in [2.75, 3.05) is 12.3 Å². The van der Waals surface area contributed by atoms with Crippen LogP contribution in [0.5, 0.6) is 0 Å². The fourth-order valence-electron chi connectivity index (χ4n) is 1.47. The van der Waals surface area contributed by atoms with E-state index in [0.29, 0.717) is 12.8 Å². The van der Waals surface area contributed by atoms with Gasteiger partial charge in [-0.25, -0.2) is 4.39 Å².